The molecule has 5 atom stereocenters. The molecule has 0 spiro atoms. The number of ether oxygens (including phenoxy) is 1. The number of carboxylic acid groups (broad SMARTS) is 1. The first-order valence-corrected chi connectivity index (χ1v) is 11.0. The lowest BCUT2D eigenvalue weighted by atomic mass is 9.50. The van der Waals surface area contributed by atoms with Crippen LogP contribution < -0.4 is 0 Å². The van der Waals surface area contributed by atoms with Crippen molar-refractivity contribution < 1.29 is 19.4 Å². The monoisotopic (exact) mass is 388 g/mol. The first-order chi connectivity index (χ1) is 13.3. The van der Waals surface area contributed by atoms with Gasteiger partial charge in [-0.25, -0.2) is 0 Å². The second kappa shape index (κ2) is 8.42. The molecule has 3 aliphatic rings. The third kappa shape index (κ3) is 4.21. The number of hydrogen-bond acceptors (Lipinski definition) is 3. The van der Waals surface area contributed by atoms with E-state index in [1.807, 2.05) is 0 Å². The van der Waals surface area contributed by atoms with E-state index in [1.165, 1.54) is 32.1 Å². The van der Waals surface area contributed by atoms with Crippen LogP contribution in [0.25, 0.3) is 0 Å². The van der Waals surface area contributed by atoms with Gasteiger partial charge in [0.25, 0.3) is 0 Å². The van der Waals surface area contributed by atoms with Gasteiger partial charge in [0.05, 0.1) is 6.61 Å². The minimum Gasteiger partial charge on any atom is -0.481 e. The maximum absolute atomic E-state index is 12.1. The molecular weight excluding hydrogens is 352 g/mol. The van der Waals surface area contributed by atoms with E-state index in [0.717, 1.165) is 12.8 Å². The van der Waals surface area contributed by atoms with Crippen LogP contribution in [0.5, 0.6) is 0 Å². The highest BCUT2D eigenvalue weighted by atomic mass is 16.5. The average molecular weight is 389 g/mol. The Bertz CT molecular complexity index is 651. The number of hydrogen-bond donors (Lipinski definition) is 1. The van der Waals surface area contributed by atoms with Gasteiger partial charge >= 0.3 is 11.9 Å². The fraction of sp³-hybridized carbons (Fsp3) is 0.750. The molecule has 28 heavy (non-hydrogen) atoms. The smallest absolute Gasteiger partial charge is 0.305 e. The highest BCUT2D eigenvalue weighted by Crippen LogP contribution is 2.59. The summed E-state index contributed by atoms with van der Waals surface area (Å²) < 4.78 is 5.65. The Labute approximate surface area is 169 Å². The lowest BCUT2D eigenvalue weighted by Gasteiger charge is -2.55. The molecule has 0 bridgehead atoms. The van der Waals surface area contributed by atoms with Gasteiger partial charge < -0.3 is 9.84 Å². The topological polar surface area (TPSA) is 63.6 Å². The van der Waals surface area contributed by atoms with Crippen LogP contribution in [-0.2, 0) is 14.3 Å². The molecule has 4 nitrogen and oxygen atoms in total. The van der Waals surface area contributed by atoms with Gasteiger partial charge in [-0.2, -0.15) is 0 Å². The fourth-order valence-corrected chi connectivity index (χ4v) is 6.17. The Morgan fingerprint density at radius 3 is 2.75 bits per heavy atom. The van der Waals surface area contributed by atoms with Crippen LogP contribution in [0, 0.1) is 28.6 Å². The highest BCUT2D eigenvalue weighted by Gasteiger charge is 2.51. The molecule has 0 radical (unpaired) electrons. The number of carboxylic acids is 1. The van der Waals surface area contributed by atoms with Gasteiger partial charge in [-0.3, -0.25) is 9.59 Å². The largest absolute Gasteiger partial charge is 0.481 e. The van der Waals surface area contributed by atoms with Crippen LogP contribution in [0.1, 0.15) is 78.1 Å². The summed E-state index contributed by atoms with van der Waals surface area (Å²) in [7, 11) is 0. The molecule has 4 heteroatoms. The third-order valence-corrected chi connectivity index (χ3v) is 7.90. The number of allylic oxidation sites excluding steroid dienone is 3. The van der Waals surface area contributed by atoms with Crippen LogP contribution in [0.3, 0.4) is 0 Å². The maximum Gasteiger partial charge on any atom is 0.305 e. The molecular formula is C24H36O4. The van der Waals surface area contributed by atoms with E-state index in [1.54, 1.807) is 5.57 Å². The molecule has 0 heterocycles. The first kappa shape index (κ1) is 21.1. The van der Waals surface area contributed by atoms with E-state index in [-0.39, 0.29) is 29.6 Å². The van der Waals surface area contributed by atoms with Gasteiger partial charge in [0.2, 0.25) is 0 Å². The van der Waals surface area contributed by atoms with E-state index in [2.05, 4.69) is 32.6 Å². The molecule has 2 saturated carbocycles. The Kier molecular flexibility index (Phi) is 6.36. The van der Waals surface area contributed by atoms with Gasteiger partial charge in [-0.15, -0.1) is 6.58 Å². The second-order valence-electron chi connectivity index (χ2n) is 9.75. The summed E-state index contributed by atoms with van der Waals surface area (Å²) in [5.74, 6) is 0.694. The Morgan fingerprint density at radius 2 is 2.04 bits per heavy atom. The zero-order valence-corrected chi connectivity index (χ0v) is 17.5. The van der Waals surface area contributed by atoms with Crippen molar-refractivity contribution in [1.29, 1.82) is 0 Å². The molecule has 0 saturated heterocycles. The molecule has 1 N–H and O–H groups in total. The SMILES string of the molecule is C=C[C@@]1(C)CCC=C2C3CCC[C@@](C)(COC(=O)CCCC(=O)O)C3CCC21. The summed E-state index contributed by atoms with van der Waals surface area (Å²) in [6.07, 6.45) is 13.6. The molecule has 2 fully saturated rings. The first-order valence-electron chi connectivity index (χ1n) is 11.0. The molecule has 0 aromatic heterocycles. The lowest BCUT2D eigenvalue weighted by Crippen LogP contribution is -2.47. The Balaban J connectivity index is 1.65. The second-order valence-corrected chi connectivity index (χ2v) is 9.75. The third-order valence-electron chi connectivity index (χ3n) is 7.90. The van der Waals surface area contributed by atoms with Crippen molar-refractivity contribution in [3.05, 3.63) is 24.3 Å². The number of aliphatic carboxylic acids is 1. The highest BCUT2D eigenvalue weighted by molar-refractivity contribution is 5.71. The standard InChI is InChI=1S/C24H36O4/c1-4-23(2)14-6-8-17-18-9-7-15-24(3,20(18)13-12-19(17)23)16-28-22(27)11-5-10-21(25)26/h4,8,18-20H,1,5-7,9-16H2,2-3H3,(H,25,26)/t18?,19?,20?,23-,24-/m0/s1. The van der Waals surface area contributed by atoms with E-state index in [0.29, 0.717) is 30.8 Å². The molecule has 156 valence electrons. The molecule has 0 aliphatic heterocycles. The van der Waals surface area contributed by atoms with Crippen molar-refractivity contribution >= 4 is 11.9 Å². The lowest BCUT2D eigenvalue weighted by molar-refractivity contribution is -0.151. The Morgan fingerprint density at radius 1 is 1.25 bits per heavy atom. The van der Waals surface area contributed by atoms with Crippen molar-refractivity contribution in [2.45, 2.75) is 78.1 Å². The van der Waals surface area contributed by atoms with Crippen LogP contribution in [-0.4, -0.2) is 23.7 Å². The average Bonchev–Trinajstić information content (AvgIpc) is 2.67. The minimum absolute atomic E-state index is 0.0225. The predicted octanol–water partition coefficient (Wildman–Crippen LogP) is 5.53. The fourth-order valence-electron chi connectivity index (χ4n) is 6.17. The van der Waals surface area contributed by atoms with E-state index >= 15 is 0 Å². The van der Waals surface area contributed by atoms with E-state index in [4.69, 9.17) is 9.84 Å². The number of fused-ring (bicyclic) bond motifs is 3. The van der Waals surface area contributed by atoms with Crippen LogP contribution in [0.2, 0.25) is 0 Å². The molecule has 0 aromatic rings. The van der Waals surface area contributed by atoms with Gasteiger partial charge in [-0.05, 0) is 68.1 Å². The summed E-state index contributed by atoms with van der Waals surface area (Å²) in [5.41, 5.74) is 1.90. The van der Waals surface area contributed by atoms with E-state index < -0.39 is 5.97 Å². The van der Waals surface area contributed by atoms with Crippen LogP contribution >= 0.6 is 0 Å². The van der Waals surface area contributed by atoms with Crippen LogP contribution in [0.4, 0.5) is 0 Å². The Hall–Kier alpha value is -1.58. The van der Waals surface area contributed by atoms with Crippen molar-refractivity contribution in [3.63, 3.8) is 0 Å². The van der Waals surface area contributed by atoms with Gasteiger partial charge in [-0.1, -0.05) is 38.0 Å². The summed E-state index contributed by atoms with van der Waals surface area (Å²) >= 11 is 0. The molecule has 3 rings (SSSR count). The number of carbonyl (C=O) groups excluding carboxylic acids is 1. The molecule has 0 aromatic carbocycles. The summed E-state index contributed by atoms with van der Waals surface area (Å²) in [4.78, 5) is 22.7. The normalized spacial score (nSPS) is 37.2. The van der Waals surface area contributed by atoms with Crippen molar-refractivity contribution in [1.82, 2.24) is 0 Å². The maximum atomic E-state index is 12.1. The van der Waals surface area contributed by atoms with E-state index in [9.17, 15) is 9.59 Å². The minimum atomic E-state index is -0.862. The van der Waals surface area contributed by atoms with Gasteiger partial charge in [0, 0.05) is 18.3 Å². The molecule has 3 aliphatic carbocycles. The molecule has 3 unspecified atom stereocenters. The summed E-state index contributed by atoms with van der Waals surface area (Å²) in [6.45, 7) is 9.28. The summed E-state index contributed by atoms with van der Waals surface area (Å²) in [6, 6.07) is 0. The quantitative estimate of drug-likeness (QED) is 0.460. The number of esters is 1. The summed E-state index contributed by atoms with van der Waals surface area (Å²) in [5, 5.41) is 8.72. The predicted molar refractivity (Wildman–Crippen MR) is 110 cm³/mol. The van der Waals surface area contributed by atoms with Crippen molar-refractivity contribution in [2.75, 3.05) is 6.61 Å². The van der Waals surface area contributed by atoms with Crippen molar-refractivity contribution in [2.24, 2.45) is 28.6 Å². The van der Waals surface area contributed by atoms with Crippen LogP contribution in [0.15, 0.2) is 24.3 Å². The number of carbonyl (C=O) groups is 2. The van der Waals surface area contributed by atoms with Gasteiger partial charge in [0.1, 0.15) is 0 Å². The van der Waals surface area contributed by atoms with Gasteiger partial charge in [0.15, 0.2) is 0 Å². The molecule has 0 amide bonds. The number of rotatable bonds is 7. The van der Waals surface area contributed by atoms with Crippen molar-refractivity contribution in [3.8, 4) is 0 Å². The zero-order valence-electron chi connectivity index (χ0n) is 17.5. The zero-order chi connectivity index (χ0) is 20.4.